The number of hydrogen-bond donors (Lipinski definition) is 1. The summed E-state index contributed by atoms with van der Waals surface area (Å²) in [7, 11) is 0. The Morgan fingerprint density at radius 3 is 1.70 bits per heavy atom. The maximum Gasteiger partial charge on any atom is 0.194 e. The highest BCUT2D eigenvalue weighted by atomic mass is 19.2. The lowest BCUT2D eigenvalue weighted by atomic mass is 9.97. The first-order valence-corrected chi connectivity index (χ1v) is 6.32. The Labute approximate surface area is 115 Å². The molecule has 0 aliphatic rings. The van der Waals surface area contributed by atoms with Crippen LogP contribution in [0.5, 0.6) is 0 Å². The first-order valence-electron chi connectivity index (χ1n) is 6.32. The highest BCUT2D eigenvalue weighted by molar-refractivity contribution is 5.33. The summed E-state index contributed by atoms with van der Waals surface area (Å²) < 4.78 is 39.2. The first kappa shape index (κ1) is 14.6. The summed E-state index contributed by atoms with van der Waals surface area (Å²) in [5.74, 6) is -3.80. The number of benzene rings is 2. The zero-order chi connectivity index (χ0) is 14.9. The fourth-order valence-electron chi connectivity index (χ4n) is 1.99. The van der Waals surface area contributed by atoms with Crippen LogP contribution in [0.25, 0.3) is 0 Å². The smallest absolute Gasteiger partial charge is 0.194 e. The molecule has 0 aliphatic heterocycles. The van der Waals surface area contributed by atoms with Gasteiger partial charge >= 0.3 is 0 Å². The van der Waals surface area contributed by atoms with Crippen molar-refractivity contribution in [1.29, 1.82) is 0 Å². The molecule has 0 saturated heterocycles. The van der Waals surface area contributed by atoms with E-state index in [1.807, 2.05) is 26.0 Å². The fraction of sp³-hybridized carbons (Fsp3) is 0.250. The van der Waals surface area contributed by atoms with Gasteiger partial charge in [-0.15, -0.1) is 0 Å². The minimum atomic E-state index is -1.53. The van der Waals surface area contributed by atoms with Crippen LogP contribution in [0.1, 0.15) is 42.6 Å². The van der Waals surface area contributed by atoms with Crippen LogP contribution in [0.2, 0.25) is 0 Å². The molecule has 2 aromatic carbocycles. The molecular formula is C16H15F3O. The zero-order valence-corrected chi connectivity index (χ0v) is 11.2. The minimum absolute atomic E-state index is 0.0151. The molecule has 2 aromatic rings. The molecule has 1 N–H and O–H groups in total. The second-order valence-corrected chi connectivity index (χ2v) is 5.02. The molecule has 0 aromatic heterocycles. The Balaban J connectivity index is 2.33. The van der Waals surface area contributed by atoms with Gasteiger partial charge in [-0.05, 0) is 34.7 Å². The van der Waals surface area contributed by atoms with Gasteiger partial charge in [-0.25, -0.2) is 13.2 Å². The predicted molar refractivity (Wildman–Crippen MR) is 70.9 cm³/mol. The summed E-state index contributed by atoms with van der Waals surface area (Å²) in [5, 5.41) is 10.1. The van der Waals surface area contributed by atoms with Gasteiger partial charge in [0.25, 0.3) is 0 Å². The van der Waals surface area contributed by atoms with E-state index in [2.05, 4.69) is 0 Å². The molecule has 0 fully saturated rings. The quantitative estimate of drug-likeness (QED) is 0.831. The standard InChI is InChI=1S/C16H15F3O/c1-9(2)10-3-5-11(6-4-10)16(20)12-7-13(17)15(19)14(18)8-12/h3-9,16,20H,1-2H3. The summed E-state index contributed by atoms with van der Waals surface area (Å²) in [5.41, 5.74) is 1.58. The van der Waals surface area contributed by atoms with Crippen molar-refractivity contribution >= 4 is 0 Å². The Morgan fingerprint density at radius 2 is 1.25 bits per heavy atom. The van der Waals surface area contributed by atoms with E-state index in [1.165, 1.54) is 0 Å². The van der Waals surface area contributed by atoms with Crippen LogP contribution < -0.4 is 0 Å². The number of halogens is 3. The summed E-state index contributed by atoms with van der Waals surface area (Å²) in [6.07, 6.45) is -1.19. The van der Waals surface area contributed by atoms with E-state index in [4.69, 9.17) is 0 Å². The van der Waals surface area contributed by atoms with Gasteiger partial charge in [-0.3, -0.25) is 0 Å². The molecule has 4 heteroatoms. The lowest BCUT2D eigenvalue weighted by Gasteiger charge is -2.13. The van der Waals surface area contributed by atoms with Crippen molar-refractivity contribution in [2.24, 2.45) is 0 Å². The van der Waals surface area contributed by atoms with Crippen molar-refractivity contribution in [3.8, 4) is 0 Å². The Morgan fingerprint density at radius 1 is 0.800 bits per heavy atom. The summed E-state index contributed by atoms with van der Waals surface area (Å²) in [4.78, 5) is 0. The van der Waals surface area contributed by atoms with Crippen LogP contribution in [0, 0.1) is 17.5 Å². The maximum absolute atomic E-state index is 13.2. The molecule has 0 spiro atoms. The van der Waals surface area contributed by atoms with Crippen LogP contribution >= 0.6 is 0 Å². The predicted octanol–water partition coefficient (Wildman–Crippen LogP) is 4.31. The average molecular weight is 280 g/mol. The third kappa shape index (κ3) is 2.85. The lowest BCUT2D eigenvalue weighted by Crippen LogP contribution is -2.03. The fourth-order valence-corrected chi connectivity index (χ4v) is 1.99. The van der Waals surface area contributed by atoms with Crippen molar-refractivity contribution in [2.75, 3.05) is 0 Å². The molecule has 20 heavy (non-hydrogen) atoms. The number of rotatable bonds is 3. The molecule has 1 nitrogen and oxygen atoms in total. The second-order valence-electron chi connectivity index (χ2n) is 5.02. The normalized spacial score (nSPS) is 12.8. The number of aliphatic hydroxyl groups excluding tert-OH is 1. The number of aliphatic hydroxyl groups is 1. The zero-order valence-electron chi connectivity index (χ0n) is 11.2. The van der Waals surface area contributed by atoms with Gasteiger partial charge in [-0.2, -0.15) is 0 Å². The Bertz CT molecular complexity index is 583. The number of hydrogen-bond acceptors (Lipinski definition) is 1. The maximum atomic E-state index is 13.2. The van der Waals surface area contributed by atoms with E-state index in [0.717, 1.165) is 17.7 Å². The van der Waals surface area contributed by atoms with Crippen molar-refractivity contribution in [3.05, 3.63) is 70.5 Å². The molecule has 0 amide bonds. The molecule has 2 rings (SSSR count). The van der Waals surface area contributed by atoms with Crippen molar-refractivity contribution in [2.45, 2.75) is 25.9 Å². The monoisotopic (exact) mass is 280 g/mol. The van der Waals surface area contributed by atoms with Gasteiger partial charge in [0.05, 0.1) is 0 Å². The first-order chi connectivity index (χ1) is 9.40. The van der Waals surface area contributed by atoms with E-state index >= 15 is 0 Å². The second kappa shape index (κ2) is 5.67. The van der Waals surface area contributed by atoms with Crippen LogP contribution in [0.3, 0.4) is 0 Å². The molecule has 0 bridgehead atoms. The molecule has 0 saturated carbocycles. The van der Waals surface area contributed by atoms with Crippen LogP contribution in [0.15, 0.2) is 36.4 Å². The van der Waals surface area contributed by atoms with Crippen molar-refractivity contribution in [3.63, 3.8) is 0 Å². The molecule has 0 heterocycles. The van der Waals surface area contributed by atoms with Gasteiger partial charge < -0.3 is 5.11 Å². The molecule has 1 atom stereocenters. The van der Waals surface area contributed by atoms with Gasteiger partial charge in [0, 0.05) is 0 Å². The summed E-state index contributed by atoms with van der Waals surface area (Å²) in [6, 6.07) is 8.69. The molecule has 0 aliphatic carbocycles. The Hall–Kier alpha value is -1.81. The highest BCUT2D eigenvalue weighted by Gasteiger charge is 2.17. The topological polar surface area (TPSA) is 20.2 Å². The van der Waals surface area contributed by atoms with E-state index in [-0.39, 0.29) is 5.56 Å². The summed E-state index contributed by atoms with van der Waals surface area (Å²) in [6.45, 7) is 4.08. The molecule has 1 unspecified atom stereocenters. The van der Waals surface area contributed by atoms with E-state index in [0.29, 0.717) is 11.5 Å². The highest BCUT2D eigenvalue weighted by Crippen LogP contribution is 2.26. The van der Waals surface area contributed by atoms with Crippen LogP contribution in [0.4, 0.5) is 13.2 Å². The van der Waals surface area contributed by atoms with E-state index in [1.54, 1.807) is 12.1 Å². The van der Waals surface area contributed by atoms with Gasteiger partial charge in [0.15, 0.2) is 17.5 Å². The van der Waals surface area contributed by atoms with E-state index in [9.17, 15) is 18.3 Å². The third-order valence-corrected chi connectivity index (χ3v) is 3.24. The van der Waals surface area contributed by atoms with Crippen LogP contribution in [-0.2, 0) is 0 Å². The van der Waals surface area contributed by atoms with E-state index < -0.39 is 23.6 Å². The molecular weight excluding hydrogens is 265 g/mol. The largest absolute Gasteiger partial charge is 0.384 e. The van der Waals surface area contributed by atoms with Crippen LogP contribution in [-0.4, -0.2) is 5.11 Å². The third-order valence-electron chi connectivity index (χ3n) is 3.24. The van der Waals surface area contributed by atoms with Gasteiger partial charge in [0.2, 0.25) is 0 Å². The van der Waals surface area contributed by atoms with Crippen molar-refractivity contribution in [1.82, 2.24) is 0 Å². The van der Waals surface area contributed by atoms with Crippen molar-refractivity contribution < 1.29 is 18.3 Å². The molecule has 106 valence electrons. The summed E-state index contributed by atoms with van der Waals surface area (Å²) >= 11 is 0. The SMILES string of the molecule is CC(C)c1ccc(C(O)c2cc(F)c(F)c(F)c2)cc1. The van der Waals surface area contributed by atoms with Gasteiger partial charge in [0.1, 0.15) is 6.10 Å². The lowest BCUT2D eigenvalue weighted by molar-refractivity contribution is 0.218. The minimum Gasteiger partial charge on any atom is -0.384 e. The van der Waals surface area contributed by atoms with Gasteiger partial charge in [-0.1, -0.05) is 38.1 Å². The Kier molecular flexibility index (Phi) is 4.14. The molecule has 0 radical (unpaired) electrons. The average Bonchev–Trinajstić information content (AvgIpc) is 2.43.